The number of hydrogen-bond acceptors (Lipinski definition) is 3. The molecule has 0 aromatic rings. The molecule has 4 nitrogen and oxygen atoms in total. The van der Waals surface area contributed by atoms with E-state index in [9.17, 15) is 4.79 Å². The van der Waals surface area contributed by atoms with E-state index in [1.54, 1.807) is 0 Å². The van der Waals surface area contributed by atoms with Crippen LogP contribution in [0, 0.1) is 5.41 Å². The molecule has 1 aliphatic rings. The molecule has 1 fully saturated rings. The summed E-state index contributed by atoms with van der Waals surface area (Å²) >= 11 is 0. The minimum absolute atomic E-state index is 0.279. The molecule has 0 aliphatic heterocycles. The van der Waals surface area contributed by atoms with Crippen molar-refractivity contribution in [1.82, 2.24) is 10.6 Å². The number of alkyl carbamates (subject to hydrolysis) is 1. The van der Waals surface area contributed by atoms with Crippen molar-refractivity contribution in [2.45, 2.75) is 71.9 Å². The van der Waals surface area contributed by atoms with Gasteiger partial charge in [-0.2, -0.15) is 0 Å². The number of carbonyl (C=O) groups excluding carboxylic acids is 1. The monoisotopic (exact) mass is 270 g/mol. The van der Waals surface area contributed by atoms with Gasteiger partial charge in [0.15, 0.2) is 0 Å². The van der Waals surface area contributed by atoms with Crippen LogP contribution < -0.4 is 10.6 Å². The number of carbonyl (C=O) groups is 1. The average Bonchev–Trinajstić information content (AvgIpc) is 3.02. The van der Waals surface area contributed by atoms with Crippen LogP contribution in [0.2, 0.25) is 0 Å². The first kappa shape index (κ1) is 16.3. The lowest BCUT2D eigenvalue weighted by atomic mass is 10.0. The van der Waals surface area contributed by atoms with Gasteiger partial charge in [0.05, 0.1) is 0 Å². The van der Waals surface area contributed by atoms with Crippen LogP contribution in [0.15, 0.2) is 0 Å². The Morgan fingerprint density at radius 1 is 1.37 bits per heavy atom. The van der Waals surface area contributed by atoms with Gasteiger partial charge in [-0.3, -0.25) is 0 Å². The first-order valence-corrected chi connectivity index (χ1v) is 7.47. The summed E-state index contributed by atoms with van der Waals surface area (Å²) in [6, 6.07) is 0.279. The quantitative estimate of drug-likeness (QED) is 0.747. The summed E-state index contributed by atoms with van der Waals surface area (Å²) in [4.78, 5) is 11.5. The lowest BCUT2D eigenvalue weighted by Crippen LogP contribution is -2.42. The molecule has 19 heavy (non-hydrogen) atoms. The fourth-order valence-corrected chi connectivity index (χ4v) is 2.24. The van der Waals surface area contributed by atoms with Crippen molar-refractivity contribution in [1.29, 1.82) is 0 Å². The molecular formula is C15H30N2O2. The molecule has 112 valence electrons. The van der Waals surface area contributed by atoms with Gasteiger partial charge in [0.1, 0.15) is 5.60 Å². The summed E-state index contributed by atoms with van der Waals surface area (Å²) in [6.45, 7) is 11.6. The summed E-state index contributed by atoms with van der Waals surface area (Å²) in [6.07, 6.45) is 4.93. The molecule has 1 aliphatic carbocycles. The van der Waals surface area contributed by atoms with Gasteiger partial charge in [-0.1, -0.05) is 13.3 Å². The number of amides is 1. The maximum atomic E-state index is 11.5. The smallest absolute Gasteiger partial charge is 0.407 e. The standard InChI is InChI=1S/C15H30N2O2/c1-6-7-15(8-9-15)11-17-12(2)10-16-13(18)19-14(3,4)5/h12,17H,6-11H2,1-5H3,(H,16,18). The number of rotatable bonds is 7. The van der Waals surface area contributed by atoms with Crippen LogP contribution >= 0.6 is 0 Å². The van der Waals surface area contributed by atoms with E-state index in [1.165, 1.54) is 25.7 Å². The molecule has 1 rings (SSSR count). The largest absolute Gasteiger partial charge is 0.444 e. The van der Waals surface area contributed by atoms with E-state index in [4.69, 9.17) is 4.74 Å². The van der Waals surface area contributed by atoms with Crippen molar-refractivity contribution >= 4 is 6.09 Å². The van der Waals surface area contributed by atoms with Crippen molar-refractivity contribution < 1.29 is 9.53 Å². The molecule has 0 spiro atoms. The third-order valence-electron chi connectivity index (χ3n) is 3.51. The molecule has 1 saturated carbocycles. The van der Waals surface area contributed by atoms with E-state index < -0.39 is 5.60 Å². The normalized spacial score (nSPS) is 18.8. The summed E-state index contributed by atoms with van der Waals surface area (Å²) in [7, 11) is 0. The predicted molar refractivity (Wildman–Crippen MR) is 78.3 cm³/mol. The van der Waals surface area contributed by atoms with Gasteiger partial charge in [-0.15, -0.1) is 0 Å². The van der Waals surface area contributed by atoms with Gasteiger partial charge in [0.2, 0.25) is 0 Å². The molecule has 0 aromatic heterocycles. The van der Waals surface area contributed by atoms with Gasteiger partial charge < -0.3 is 15.4 Å². The Bertz CT molecular complexity index is 293. The predicted octanol–water partition coefficient (Wildman–Crippen LogP) is 3.07. The van der Waals surface area contributed by atoms with Crippen molar-refractivity contribution in [2.75, 3.05) is 13.1 Å². The van der Waals surface area contributed by atoms with Crippen LogP contribution in [0.3, 0.4) is 0 Å². The molecule has 0 aromatic carbocycles. The number of hydrogen-bond donors (Lipinski definition) is 2. The van der Waals surface area contributed by atoms with E-state index in [0.717, 1.165) is 6.54 Å². The Morgan fingerprint density at radius 3 is 2.47 bits per heavy atom. The summed E-state index contributed by atoms with van der Waals surface area (Å²) < 4.78 is 5.21. The lowest BCUT2D eigenvalue weighted by molar-refractivity contribution is 0.0523. The Hall–Kier alpha value is -0.770. The minimum Gasteiger partial charge on any atom is -0.444 e. The first-order valence-electron chi connectivity index (χ1n) is 7.47. The van der Waals surface area contributed by atoms with Gasteiger partial charge in [0, 0.05) is 19.1 Å². The average molecular weight is 270 g/mol. The molecule has 0 heterocycles. The highest BCUT2D eigenvalue weighted by Gasteiger charge is 2.41. The molecular weight excluding hydrogens is 240 g/mol. The van der Waals surface area contributed by atoms with Gasteiger partial charge in [0.25, 0.3) is 0 Å². The molecule has 4 heteroatoms. The van der Waals surface area contributed by atoms with Crippen molar-refractivity contribution in [3.63, 3.8) is 0 Å². The SMILES string of the molecule is CCCC1(CNC(C)CNC(=O)OC(C)(C)C)CC1. The van der Waals surface area contributed by atoms with Crippen LogP contribution in [0.25, 0.3) is 0 Å². The molecule has 0 radical (unpaired) electrons. The zero-order chi connectivity index (χ0) is 14.5. The highest BCUT2D eigenvalue weighted by atomic mass is 16.6. The number of ether oxygens (including phenoxy) is 1. The summed E-state index contributed by atoms with van der Waals surface area (Å²) in [5.41, 5.74) is 0.120. The highest BCUT2D eigenvalue weighted by molar-refractivity contribution is 5.67. The Morgan fingerprint density at radius 2 is 2.00 bits per heavy atom. The zero-order valence-electron chi connectivity index (χ0n) is 13.1. The highest BCUT2D eigenvalue weighted by Crippen LogP contribution is 2.48. The van der Waals surface area contributed by atoms with E-state index in [0.29, 0.717) is 12.0 Å². The van der Waals surface area contributed by atoms with Crippen LogP contribution in [0.4, 0.5) is 4.79 Å². The summed E-state index contributed by atoms with van der Waals surface area (Å²) in [5, 5.41) is 6.32. The van der Waals surface area contributed by atoms with Crippen molar-refractivity contribution in [3.05, 3.63) is 0 Å². The fourth-order valence-electron chi connectivity index (χ4n) is 2.24. The molecule has 1 unspecified atom stereocenters. The van der Waals surface area contributed by atoms with E-state index in [-0.39, 0.29) is 12.1 Å². The van der Waals surface area contributed by atoms with Crippen LogP contribution in [-0.4, -0.2) is 30.8 Å². The van der Waals surface area contributed by atoms with Crippen LogP contribution in [0.5, 0.6) is 0 Å². The molecule has 1 atom stereocenters. The third-order valence-corrected chi connectivity index (χ3v) is 3.51. The van der Waals surface area contributed by atoms with Crippen molar-refractivity contribution in [3.8, 4) is 0 Å². The Balaban J connectivity index is 2.14. The number of nitrogens with one attached hydrogen (secondary N) is 2. The van der Waals surface area contributed by atoms with Gasteiger partial charge in [-0.25, -0.2) is 4.79 Å². The second-order valence-corrected chi connectivity index (χ2v) is 6.91. The lowest BCUT2D eigenvalue weighted by Gasteiger charge is -2.22. The first-order chi connectivity index (χ1) is 8.76. The minimum atomic E-state index is -0.431. The third kappa shape index (κ3) is 6.81. The summed E-state index contributed by atoms with van der Waals surface area (Å²) in [5.74, 6) is 0. The molecule has 1 amide bonds. The van der Waals surface area contributed by atoms with Gasteiger partial charge >= 0.3 is 6.09 Å². The van der Waals surface area contributed by atoms with Crippen LogP contribution in [0.1, 0.15) is 60.3 Å². The Kier molecular flexibility index (Phi) is 5.65. The molecule has 0 bridgehead atoms. The molecule has 0 saturated heterocycles. The second kappa shape index (κ2) is 6.60. The topological polar surface area (TPSA) is 50.4 Å². The van der Waals surface area contributed by atoms with E-state index in [1.807, 2.05) is 20.8 Å². The zero-order valence-corrected chi connectivity index (χ0v) is 13.1. The maximum absolute atomic E-state index is 11.5. The Labute approximate surface area is 117 Å². The second-order valence-electron chi connectivity index (χ2n) is 6.91. The maximum Gasteiger partial charge on any atom is 0.407 e. The molecule has 2 N–H and O–H groups in total. The van der Waals surface area contributed by atoms with Crippen molar-refractivity contribution in [2.24, 2.45) is 5.41 Å². The van der Waals surface area contributed by atoms with Crippen LogP contribution in [-0.2, 0) is 4.74 Å². The van der Waals surface area contributed by atoms with E-state index in [2.05, 4.69) is 24.5 Å². The van der Waals surface area contributed by atoms with E-state index >= 15 is 0 Å². The van der Waals surface area contributed by atoms with Gasteiger partial charge in [-0.05, 0) is 52.4 Å². The fraction of sp³-hybridized carbons (Fsp3) is 0.933.